The van der Waals surface area contributed by atoms with Gasteiger partial charge in [-0.25, -0.2) is 4.79 Å². The Morgan fingerprint density at radius 3 is 2.43 bits per heavy atom. The predicted molar refractivity (Wildman–Crippen MR) is 173 cm³/mol. The summed E-state index contributed by atoms with van der Waals surface area (Å²) in [5.41, 5.74) is -0.115. The lowest BCUT2D eigenvalue weighted by Gasteiger charge is -2.59. The van der Waals surface area contributed by atoms with E-state index in [9.17, 15) is 14.7 Å². The van der Waals surface area contributed by atoms with Crippen LogP contribution in [-0.2, 0) is 23.7 Å². The number of ether oxygens (including phenoxy) is 4. The maximum absolute atomic E-state index is 12.9. The fourth-order valence-electron chi connectivity index (χ4n) is 12.8. The zero-order valence-electron chi connectivity index (χ0n) is 29.3. The van der Waals surface area contributed by atoms with Gasteiger partial charge in [0.1, 0.15) is 6.10 Å². The average molecular weight is 645 g/mol. The number of hydrogen-bond donors (Lipinski definition) is 2. The van der Waals surface area contributed by atoms with Crippen LogP contribution in [0, 0.1) is 45.3 Å². The molecule has 0 aromatic rings. The van der Waals surface area contributed by atoms with E-state index in [1.807, 2.05) is 0 Å². The normalized spacial score (nSPS) is 45.2. The quantitative estimate of drug-likeness (QED) is 0.359. The van der Waals surface area contributed by atoms with Crippen molar-refractivity contribution < 1.29 is 33.6 Å². The molecule has 9 heteroatoms. The number of morpholine rings is 1. The molecule has 7 aliphatic rings. The number of rotatable bonds is 7. The third kappa shape index (κ3) is 5.24. The van der Waals surface area contributed by atoms with E-state index in [0.29, 0.717) is 35.1 Å². The van der Waals surface area contributed by atoms with E-state index in [2.05, 4.69) is 31.0 Å². The molecule has 260 valence electrons. The maximum Gasteiger partial charge on any atom is 0.407 e. The first-order valence-corrected chi connectivity index (χ1v) is 18.5. The van der Waals surface area contributed by atoms with Crippen molar-refractivity contribution in [3.63, 3.8) is 0 Å². The lowest BCUT2D eigenvalue weighted by atomic mass is 9.46. The van der Waals surface area contributed by atoms with Gasteiger partial charge in [0.2, 0.25) is 0 Å². The molecule has 7 fully saturated rings. The summed E-state index contributed by atoms with van der Waals surface area (Å²) in [6.45, 7) is 17.0. The second-order valence-corrected chi connectivity index (χ2v) is 17.8. The summed E-state index contributed by atoms with van der Waals surface area (Å²) in [5.74, 6) is 2.13. The minimum Gasteiger partial charge on any atom is -0.457 e. The van der Waals surface area contributed by atoms with Crippen LogP contribution in [0.4, 0.5) is 4.79 Å². The van der Waals surface area contributed by atoms with Gasteiger partial charge < -0.3 is 29.4 Å². The van der Waals surface area contributed by atoms with Crippen molar-refractivity contribution >= 4 is 12.1 Å². The summed E-state index contributed by atoms with van der Waals surface area (Å²) < 4.78 is 24.1. The molecule has 2 saturated heterocycles. The van der Waals surface area contributed by atoms with Crippen molar-refractivity contribution in [1.29, 1.82) is 0 Å². The maximum atomic E-state index is 12.9. The van der Waals surface area contributed by atoms with Gasteiger partial charge in [-0.1, -0.05) is 20.8 Å². The first-order chi connectivity index (χ1) is 21.7. The molecule has 0 aromatic heterocycles. The van der Waals surface area contributed by atoms with E-state index in [-0.39, 0.29) is 41.2 Å². The summed E-state index contributed by atoms with van der Waals surface area (Å²) >= 11 is 0. The first kappa shape index (κ1) is 33.1. The van der Waals surface area contributed by atoms with Gasteiger partial charge in [0.05, 0.1) is 31.0 Å². The number of nitrogens with one attached hydrogen (secondary N) is 1. The summed E-state index contributed by atoms with van der Waals surface area (Å²) in [7, 11) is 0. The van der Waals surface area contributed by atoms with Gasteiger partial charge in [-0.15, -0.1) is 0 Å². The Labute approximate surface area is 276 Å². The van der Waals surface area contributed by atoms with Crippen LogP contribution in [0.3, 0.4) is 0 Å². The number of aliphatic hydroxyl groups is 1. The monoisotopic (exact) mass is 644 g/mol. The Bertz CT molecular complexity index is 1180. The molecule has 46 heavy (non-hydrogen) atoms. The first-order valence-electron chi connectivity index (χ1n) is 18.5. The molecule has 0 aromatic carbocycles. The van der Waals surface area contributed by atoms with E-state index in [4.69, 9.17) is 18.9 Å². The minimum atomic E-state index is -1.15. The van der Waals surface area contributed by atoms with Crippen LogP contribution in [-0.4, -0.2) is 91.5 Å². The van der Waals surface area contributed by atoms with Crippen molar-refractivity contribution in [2.75, 3.05) is 39.4 Å². The molecule has 0 radical (unpaired) electrons. The topological polar surface area (TPSA) is 107 Å². The Hall–Kier alpha value is -1.42. The van der Waals surface area contributed by atoms with Crippen LogP contribution in [0.15, 0.2) is 0 Å². The largest absolute Gasteiger partial charge is 0.457 e. The average Bonchev–Trinajstić information content (AvgIpc) is 3.57. The number of esters is 1. The van der Waals surface area contributed by atoms with E-state index in [1.54, 1.807) is 13.8 Å². The molecule has 11 atom stereocenters. The zero-order chi connectivity index (χ0) is 32.7. The molecule has 7 rings (SSSR count). The summed E-state index contributed by atoms with van der Waals surface area (Å²) in [5, 5.41) is 13.9. The van der Waals surface area contributed by atoms with Crippen molar-refractivity contribution in [3.05, 3.63) is 0 Å². The third-order valence-electron chi connectivity index (χ3n) is 14.9. The zero-order valence-corrected chi connectivity index (χ0v) is 29.3. The Morgan fingerprint density at radius 2 is 1.72 bits per heavy atom. The van der Waals surface area contributed by atoms with Gasteiger partial charge in [0, 0.05) is 38.5 Å². The van der Waals surface area contributed by atoms with E-state index in [0.717, 1.165) is 64.4 Å². The number of carbonyl (C=O) groups is 2. The SMILES string of the molecule is CC(=O)O[C@@H](C1CCC2C(CC3C4CCC5C(C)(C)[C@@H](OC(=O)NCCN6CCOCC6)CC[C@@]56C[C@@]46CCC23C)O1)C(C)(C)O. The van der Waals surface area contributed by atoms with E-state index >= 15 is 0 Å². The van der Waals surface area contributed by atoms with Crippen LogP contribution in [0.1, 0.15) is 106 Å². The lowest BCUT2D eigenvalue weighted by molar-refractivity contribution is -0.200. The summed E-state index contributed by atoms with van der Waals surface area (Å²) in [4.78, 5) is 27.2. The van der Waals surface area contributed by atoms with Crippen LogP contribution in [0.2, 0.25) is 0 Å². The molecule has 2 N–H and O–H groups in total. The fourth-order valence-corrected chi connectivity index (χ4v) is 12.8. The van der Waals surface area contributed by atoms with Crippen molar-refractivity contribution in [2.24, 2.45) is 45.3 Å². The third-order valence-corrected chi connectivity index (χ3v) is 14.9. The van der Waals surface area contributed by atoms with Crippen molar-refractivity contribution in [1.82, 2.24) is 10.2 Å². The predicted octanol–water partition coefficient (Wildman–Crippen LogP) is 5.32. The smallest absolute Gasteiger partial charge is 0.407 e. The number of amides is 1. The molecule has 2 heterocycles. The molecule has 7 unspecified atom stereocenters. The molecule has 2 aliphatic heterocycles. The van der Waals surface area contributed by atoms with Gasteiger partial charge >= 0.3 is 12.1 Å². The molecular formula is C37H60N2O7. The van der Waals surface area contributed by atoms with Gasteiger partial charge in [-0.05, 0) is 118 Å². The second kappa shape index (κ2) is 11.6. The molecule has 0 bridgehead atoms. The molecule has 1 amide bonds. The number of carbonyl (C=O) groups excluding carboxylic acids is 2. The van der Waals surface area contributed by atoms with E-state index in [1.165, 1.54) is 45.4 Å². The fraction of sp³-hybridized carbons (Fsp3) is 0.946. The van der Waals surface area contributed by atoms with Gasteiger partial charge in [-0.2, -0.15) is 0 Å². The Balaban J connectivity index is 1.01. The number of nitrogens with zero attached hydrogens (tertiary/aromatic N) is 1. The highest BCUT2D eigenvalue weighted by molar-refractivity contribution is 5.67. The number of hydrogen-bond acceptors (Lipinski definition) is 8. The molecule has 5 saturated carbocycles. The van der Waals surface area contributed by atoms with Crippen molar-refractivity contribution in [2.45, 2.75) is 136 Å². The Kier molecular flexibility index (Phi) is 8.34. The Morgan fingerprint density at radius 1 is 0.978 bits per heavy atom. The van der Waals surface area contributed by atoms with Crippen LogP contribution < -0.4 is 5.32 Å². The molecular weight excluding hydrogens is 584 g/mol. The molecule has 5 aliphatic carbocycles. The molecule has 9 nitrogen and oxygen atoms in total. The van der Waals surface area contributed by atoms with Crippen LogP contribution in [0.25, 0.3) is 0 Å². The summed E-state index contributed by atoms with van der Waals surface area (Å²) in [6, 6.07) is 0. The second-order valence-electron chi connectivity index (χ2n) is 17.8. The number of alkyl carbamates (subject to hydrolysis) is 1. The summed E-state index contributed by atoms with van der Waals surface area (Å²) in [6.07, 6.45) is 10.5. The van der Waals surface area contributed by atoms with E-state index < -0.39 is 11.7 Å². The lowest BCUT2D eigenvalue weighted by Crippen LogP contribution is -2.55. The van der Waals surface area contributed by atoms with Crippen LogP contribution in [0.5, 0.6) is 0 Å². The number of fused-ring (bicyclic) bond motifs is 4. The van der Waals surface area contributed by atoms with Gasteiger partial charge in [0.25, 0.3) is 0 Å². The molecule has 2 spiro atoms. The minimum absolute atomic E-state index is 0.0438. The van der Waals surface area contributed by atoms with Crippen LogP contribution >= 0.6 is 0 Å². The standard InChI is InChI=1S/C37H60N2O7/c1-23(40)44-31(34(4,5)42)27-9-7-25-28(45-27)21-26-24-8-10-29-33(2,3)30(46-32(41)38-15-16-39-17-19-43-20-18-39)11-12-37(29)22-36(24,37)14-13-35(25,26)6/h24-31,42H,7-22H2,1-6H3,(H,38,41)/t24?,25?,26?,27?,28?,29?,30-,31-,35?,36-,37+/m0/s1. The highest BCUT2D eigenvalue weighted by atomic mass is 16.6. The van der Waals surface area contributed by atoms with Crippen molar-refractivity contribution in [3.8, 4) is 0 Å². The highest BCUT2D eigenvalue weighted by Crippen LogP contribution is 2.87. The highest BCUT2D eigenvalue weighted by Gasteiger charge is 2.81. The van der Waals surface area contributed by atoms with Gasteiger partial charge in [-0.3, -0.25) is 9.69 Å². The van der Waals surface area contributed by atoms with Gasteiger partial charge in [0.15, 0.2) is 6.10 Å².